The van der Waals surface area contributed by atoms with Gasteiger partial charge in [0.05, 0.1) is 6.10 Å². The SMILES string of the molecule is CCCC1CCC(O)C(CC2Cc3ccccc3S2)C1. The lowest BCUT2D eigenvalue weighted by Crippen LogP contribution is -2.31. The highest BCUT2D eigenvalue weighted by molar-refractivity contribution is 8.00. The topological polar surface area (TPSA) is 20.2 Å². The molecular formula is C18H26OS. The van der Waals surface area contributed by atoms with Gasteiger partial charge in [0.2, 0.25) is 0 Å². The van der Waals surface area contributed by atoms with Crippen molar-refractivity contribution in [2.45, 2.75) is 68.1 Å². The Kier molecular flexibility index (Phi) is 4.72. The van der Waals surface area contributed by atoms with Gasteiger partial charge in [0.25, 0.3) is 0 Å². The second-order valence-electron chi connectivity index (χ2n) is 6.58. The highest BCUT2D eigenvalue weighted by Crippen LogP contribution is 2.43. The maximum absolute atomic E-state index is 10.3. The molecule has 1 aliphatic carbocycles. The fourth-order valence-electron chi connectivity index (χ4n) is 3.99. The minimum absolute atomic E-state index is 0.0487. The normalized spacial score (nSPS) is 33.1. The lowest BCUT2D eigenvalue weighted by atomic mass is 9.75. The molecular weight excluding hydrogens is 264 g/mol. The number of hydrogen-bond donors (Lipinski definition) is 1. The van der Waals surface area contributed by atoms with Crippen LogP contribution >= 0.6 is 11.8 Å². The minimum atomic E-state index is -0.0487. The van der Waals surface area contributed by atoms with E-state index >= 15 is 0 Å². The average molecular weight is 290 g/mol. The molecule has 4 unspecified atom stereocenters. The Balaban J connectivity index is 1.58. The van der Waals surface area contributed by atoms with Gasteiger partial charge in [-0.1, -0.05) is 38.0 Å². The molecule has 3 rings (SSSR count). The van der Waals surface area contributed by atoms with E-state index in [1.165, 1.54) is 49.0 Å². The Morgan fingerprint density at radius 1 is 1.25 bits per heavy atom. The van der Waals surface area contributed by atoms with Crippen molar-refractivity contribution in [3.63, 3.8) is 0 Å². The highest BCUT2D eigenvalue weighted by Gasteiger charge is 2.32. The van der Waals surface area contributed by atoms with Crippen molar-refractivity contribution in [3.8, 4) is 0 Å². The van der Waals surface area contributed by atoms with E-state index in [1.807, 2.05) is 11.8 Å². The lowest BCUT2D eigenvalue weighted by molar-refractivity contribution is 0.0418. The van der Waals surface area contributed by atoms with Crippen LogP contribution in [0.2, 0.25) is 0 Å². The van der Waals surface area contributed by atoms with Gasteiger partial charge in [0.15, 0.2) is 0 Å². The Morgan fingerprint density at radius 2 is 2.10 bits per heavy atom. The van der Waals surface area contributed by atoms with Crippen LogP contribution in [0.1, 0.15) is 51.0 Å². The molecule has 1 aromatic rings. The Bertz CT molecular complexity index is 420. The third-order valence-electron chi connectivity index (χ3n) is 5.03. The molecule has 1 aliphatic heterocycles. The molecule has 1 saturated carbocycles. The number of benzene rings is 1. The Hall–Kier alpha value is -0.470. The zero-order chi connectivity index (χ0) is 13.9. The van der Waals surface area contributed by atoms with Crippen molar-refractivity contribution in [2.24, 2.45) is 11.8 Å². The average Bonchev–Trinajstić information content (AvgIpc) is 2.85. The number of rotatable bonds is 4. The Morgan fingerprint density at radius 3 is 2.90 bits per heavy atom. The monoisotopic (exact) mass is 290 g/mol. The van der Waals surface area contributed by atoms with Crippen LogP contribution in [0, 0.1) is 11.8 Å². The third kappa shape index (κ3) is 3.23. The summed E-state index contributed by atoms with van der Waals surface area (Å²) in [5, 5.41) is 11.0. The molecule has 1 N–H and O–H groups in total. The number of aliphatic hydroxyl groups excluding tert-OH is 1. The fourth-order valence-corrected chi connectivity index (χ4v) is 5.42. The predicted octanol–water partition coefficient (Wildman–Crippen LogP) is 4.67. The fraction of sp³-hybridized carbons (Fsp3) is 0.667. The number of hydrogen-bond acceptors (Lipinski definition) is 2. The van der Waals surface area contributed by atoms with E-state index in [0.29, 0.717) is 11.2 Å². The molecule has 4 atom stereocenters. The van der Waals surface area contributed by atoms with Crippen molar-refractivity contribution in [1.82, 2.24) is 0 Å². The zero-order valence-corrected chi connectivity index (χ0v) is 13.2. The first-order valence-electron chi connectivity index (χ1n) is 8.19. The van der Waals surface area contributed by atoms with Crippen molar-refractivity contribution in [1.29, 1.82) is 0 Å². The van der Waals surface area contributed by atoms with Gasteiger partial charge < -0.3 is 5.11 Å². The van der Waals surface area contributed by atoms with E-state index in [0.717, 1.165) is 12.3 Å². The first-order valence-corrected chi connectivity index (χ1v) is 9.07. The van der Waals surface area contributed by atoms with Crippen molar-refractivity contribution >= 4 is 11.8 Å². The smallest absolute Gasteiger partial charge is 0.0569 e. The zero-order valence-electron chi connectivity index (χ0n) is 12.4. The van der Waals surface area contributed by atoms with Crippen LogP contribution in [-0.4, -0.2) is 16.5 Å². The molecule has 2 aliphatic rings. The minimum Gasteiger partial charge on any atom is -0.393 e. The molecule has 1 heterocycles. The molecule has 0 bridgehead atoms. The van der Waals surface area contributed by atoms with Gasteiger partial charge in [0.1, 0.15) is 0 Å². The van der Waals surface area contributed by atoms with Crippen LogP contribution in [0.4, 0.5) is 0 Å². The van der Waals surface area contributed by atoms with Crippen LogP contribution < -0.4 is 0 Å². The molecule has 20 heavy (non-hydrogen) atoms. The summed E-state index contributed by atoms with van der Waals surface area (Å²) in [6, 6.07) is 8.80. The number of thioether (sulfide) groups is 1. The van der Waals surface area contributed by atoms with Crippen LogP contribution in [0.3, 0.4) is 0 Å². The Labute approximate surface area is 127 Å². The van der Waals surface area contributed by atoms with Gasteiger partial charge >= 0.3 is 0 Å². The van der Waals surface area contributed by atoms with Crippen LogP contribution in [0.25, 0.3) is 0 Å². The van der Waals surface area contributed by atoms with Gasteiger partial charge in [-0.3, -0.25) is 0 Å². The van der Waals surface area contributed by atoms with Crippen LogP contribution in [0.5, 0.6) is 0 Å². The van der Waals surface area contributed by atoms with Crippen LogP contribution in [-0.2, 0) is 6.42 Å². The molecule has 110 valence electrons. The summed E-state index contributed by atoms with van der Waals surface area (Å²) >= 11 is 2.04. The van der Waals surface area contributed by atoms with E-state index in [4.69, 9.17) is 0 Å². The molecule has 0 aromatic heterocycles. The maximum atomic E-state index is 10.3. The molecule has 0 spiro atoms. The highest BCUT2D eigenvalue weighted by atomic mass is 32.2. The summed E-state index contributed by atoms with van der Waals surface area (Å²) in [7, 11) is 0. The van der Waals surface area contributed by atoms with Crippen LogP contribution in [0.15, 0.2) is 29.2 Å². The third-order valence-corrected chi connectivity index (χ3v) is 6.37. The quantitative estimate of drug-likeness (QED) is 0.869. The molecule has 0 saturated heterocycles. The number of aliphatic hydroxyl groups is 1. The molecule has 0 amide bonds. The summed E-state index contributed by atoms with van der Waals surface area (Å²) < 4.78 is 0. The molecule has 0 radical (unpaired) electrons. The van der Waals surface area contributed by atoms with Crippen molar-refractivity contribution in [2.75, 3.05) is 0 Å². The van der Waals surface area contributed by atoms with E-state index in [1.54, 1.807) is 0 Å². The summed E-state index contributed by atoms with van der Waals surface area (Å²) in [4.78, 5) is 1.47. The van der Waals surface area contributed by atoms with Crippen molar-refractivity contribution < 1.29 is 5.11 Å². The summed E-state index contributed by atoms with van der Waals surface area (Å²) in [6.45, 7) is 2.28. The second kappa shape index (κ2) is 6.53. The van der Waals surface area contributed by atoms with Gasteiger partial charge in [-0.15, -0.1) is 11.8 Å². The largest absolute Gasteiger partial charge is 0.393 e. The second-order valence-corrected chi connectivity index (χ2v) is 7.92. The van der Waals surface area contributed by atoms with E-state index < -0.39 is 0 Å². The molecule has 1 aromatic carbocycles. The van der Waals surface area contributed by atoms with Gasteiger partial charge in [-0.05, 0) is 55.6 Å². The predicted molar refractivity (Wildman–Crippen MR) is 86.2 cm³/mol. The molecule has 2 heteroatoms. The summed E-state index contributed by atoms with van der Waals surface area (Å²) in [5.41, 5.74) is 1.51. The lowest BCUT2D eigenvalue weighted by Gasteiger charge is -2.34. The summed E-state index contributed by atoms with van der Waals surface area (Å²) in [6.07, 6.45) is 8.50. The van der Waals surface area contributed by atoms with E-state index in [9.17, 15) is 5.11 Å². The summed E-state index contributed by atoms with van der Waals surface area (Å²) in [5.74, 6) is 1.40. The molecule has 1 fully saturated rings. The maximum Gasteiger partial charge on any atom is 0.0569 e. The van der Waals surface area contributed by atoms with E-state index in [2.05, 4.69) is 31.2 Å². The van der Waals surface area contributed by atoms with Gasteiger partial charge in [-0.2, -0.15) is 0 Å². The first kappa shape index (κ1) is 14.5. The standard InChI is InChI=1S/C18H26OS/c1-2-5-13-8-9-17(19)15(10-13)12-16-11-14-6-3-4-7-18(14)20-16/h3-4,6-7,13,15-17,19H,2,5,8-12H2,1H3. The first-order chi connectivity index (χ1) is 9.76. The van der Waals surface area contributed by atoms with Gasteiger partial charge in [-0.25, -0.2) is 0 Å². The van der Waals surface area contributed by atoms with Gasteiger partial charge in [0, 0.05) is 10.1 Å². The molecule has 1 nitrogen and oxygen atoms in total. The van der Waals surface area contributed by atoms with E-state index in [-0.39, 0.29) is 6.10 Å². The number of fused-ring (bicyclic) bond motifs is 1. The van der Waals surface area contributed by atoms with Crippen molar-refractivity contribution in [3.05, 3.63) is 29.8 Å².